The molecule has 0 radical (unpaired) electrons. The lowest BCUT2D eigenvalue weighted by Crippen LogP contribution is -2.45. The molecule has 4 aromatic carbocycles. The molecule has 0 aliphatic carbocycles. The Morgan fingerprint density at radius 3 is 1.97 bits per heavy atom. The molecule has 0 saturated heterocycles. The van der Waals surface area contributed by atoms with Gasteiger partial charge in [-0.15, -0.1) is 0 Å². The summed E-state index contributed by atoms with van der Waals surface area (Å²) in [6, 6.07) is 34.1. The molecule has 0 N–H and O–H groups in total. The Morgan fingerprint density at radius 1 is 0.806 bits per heavy atom. The van der Waals surface area contributed by atoms with Crippen LogP contribution in [0.1, 0.15) is 28.2 Å². The van der Waals surface area contributed by atoms with E-state index in [1.54, 1.807) is 4.90 Å². The minimum absolute atomic E-state index is 0.179. The molecular weight excluding hydrogens is 450 g/mol. The van der Waals surface area contributed by atoms with Crippen molar-refractivity contribution in [2.24, 2.45) is 0 Å². The second-order valence-corrected chi connectivity index (χ2v) is 8.73. The maximum Gasteiger partial charge on any atom is 0.329 e. The lowest BCUT2D eigenvalue weighted by atomic mass is 9.89. The third-order valence-corrected chi connectivity index (χ3v) is 6.54. The molecule has 0 saturated carbocycles. The number of ether oxygens (including phenoxy) is 2. The van der Waals surface area contributed by atoms with Crippen molar-refractivity contribution in [1.82, 2.24) is 0 Å². The van der Waals surface area contributed by atoms with Crippen molar-refractivity contribution in [1.29, 1.82) is 0 Å². The van der Waals surface area contributed by atoms with Gasteiger partial charge in [0.1, 0.15) is 18.4 Å². The predicted octanol–water partition coefficient (Wildman–Crippen LogP) is 5.53. The van der Waals surface area contributed by atoms with Crippen LogP contribution in [-0.2, 0) is 27.4 Å². The first-order valence-electron chi connectivity index (χ1n) is 12.0. The molecule has 5 heteroatoms. The molecule has 1 aliphatic heterocycles. The number of nitrogens with zero attached hydrogens (tertiary/aromatic N) is 1. The maximum atomic E-state index is 14.3. The molecule has 1 atom stereocenters. The Morgan fingerprint density at radius 2 is 1.39 bits per heavy atom. The number of benzene rings is 4. The number of anilines is 1. The van der Waals surface area contributed by atoms with Crippen LogP contribution < -0.4 is 9.64 Å². The standard InChI is InChI=1S/C31H27NO4/c1-35-31(34)27-20-25-26(18-11-19-28(25)36-21-22-12-5-2-6-13-22)32(27)30(33)29(23-14-7-3-8-15-23)24-16-9-4-10-17-24/h2-19,27,29H,20-21H2,1H3. The second-order valence-electron chi connectivity index (χ2n) is 8.73. The van der Waals surface area contributed by atoms with Gasteiger partial charge in [0.2, 0.25) is 5.91 Å². The maximum absolute atomic E-state index is 14.3. The van der Waals surface area contributed by atoms with Gasteiger partial charge in [-0.2, -0.15) is 0 Å². The molecule has 36 heavy (non-hydrogen) atoms. The van der Waals surface area contributed by atoms with Crippen LogP contribution in [0.4, 0.5) is 5.69 Å². The summed E-state index contributed by atoms with van der Waals surface area (Å²) in [6.07, 6.45) is 0.328. The van der Waals surface area contributed by atoms with E-state index in [1.807, 2.05) is 109 Å². The van der Waals surface area contributed by atoms with E-state index in [4.69, 9.17) is 9.47 Å². The van der Waals surface area contributed by atoms with Crippen LogP contribution in [0, 0.1) is 0 Å². The van der Waals surface area contributed by atoms with Gasteiger partial charge in [-0.1, -0.05) is 97.1 Å². The Hall–Kier alpha value is -4.38. The van der Waals surface area contributed by atoms with Gasteiger partial charge in [0.05, 0.1) is 18.7 Å². The summed E-state index contributed by atoms with van der Waals surface area (Å²) in [5, 5.41) is 0. The lowest BCUT2D eigenvalue weighted by molar-refractivity contribution is -0.143. The average molecular weight is 478 g/mol. The molecule has 0 spiro atoms. The minimum atomic E-state index is -0.770. The number of carbonyl (C=O) groups is 2. The van der Waals surface area contributed by atoms with Crippen molar-refractivity contribution in [2.75, 3.05) is 12.0 Å². The second kappa shape index (κ2) is 10.5. The molecule has 0 fully saturated rings. The summed E-state index contributed by atoms with van der Waals surface area (Å²) in [5.41, 5.74) is 4.28. The number of fused-ring (bicyclic) bond motifs is 1. The summed E-state index contributed by atoms with van der Waals surface area (Å²) in [5.74, 6) is -0.536. The van der Waals surface area contributed by atoms with Crippen molar-refractivity contribution in [2.45, 2.75) is 25.0 Å². The van der Waals surface area contributed by atoms with E-state index in [0.29, 0.717) is 24.5 Å². The summed E-state index contributed by atoms with van der Waals surface area (Å²) < 4.78 is 11.3. The quantitative estimate of drug-likeness (QED) is 0.329. The predicted molar refractivity (Wildman–Crippen MR) is 139 cm³/mol. The van der Waals surface area contributed by atoms with Gasteiger partial charge < -0.3 is 9.47 Å². The van der Waals surface area contributed by atoms with Crippen molar-refractivity contribution in [3.8, 4) is 5.75 Å². The molecule has 1 amide bonds. The zero-order valence-electron chi connectivity index (χ0n) is 20.0. The van der Waals surface area contributed by atoms with E-state index in [-0.39, 0.29) is 5.91 Å². The number of hydrogen-bond donors (Lipinski definition) is 0. The largest absolute Gasteiger partial charge is 0.489 e. The Bertz CT molecular complexity index is 1300. The monoisotopic (exact) mass is 477 g/mol. The number of methoxy groups -OCH3 is 1. The number of esters is 1. The third kappa shape index (κ3) is 4.60. The zero-order valence-corrected chi connectivity index (χ0v) is 20.0. The van der Waals surface area contributed by atoms with Crippen LogP contribution in [0.5, 0.6) is 5.75 Å². The highest BCUT2D eigenvalue weighted by atomic mass is 16.5. The molecule has 180 valence electrons. The Kier molecular flexibility index (Phi) is 6.80. The minimum Gasteiger partial charge on any atom is -0.489 e. The molecule has 1 unspecified atom stereocenters. The van der Waals surface area contributed by atoms with Crippen molar-refractivity contribution < 1.29 is 19.1 Å². The topological polar surface area (TPSA) is 55.8 Å². The summed E-state index contributed by atoms with van der Waals surface area (Å²) >= 11 is 0. The van der Waals surface area contributed by atoms with Crippen molar-refractivity contribution >= 4 is 17.6 Å². The summed E-state index contributed by atoms with van der Waals surface area (Å²) in [7, 11) is 1.35. The highest BCUT2D eigenvalue weighted by Gasteiger charge is 2.43. The van der Waals surface area contributed by atoms with Gasteiger partial charge in [0.15, 0.2) is 0 Å². The average Bonchev–Trinajstić information content (AvgIpc) is 3.34. The van der Waals surface area contributed by atoms with Crippen LogP contribution in [0.15, 0.2) is 109 Å². The smallest absolute Gasteiger partial charge is 0.329 e. The Balaban J connectivity index is 1.55. The van der Waals surface area contributed by atoms with Crippen LogP contribution in [0.3, 0.4) is 0 Å². The number of carbonyl (C=O) groups excluding carboxylic acids is 2. The van der Waals surface area contributed by atoms with Crippen LogP contribution in [-0.4, -0.2) is 25.0 Å². The molecule has 1 heterocycles. The highest BCUT2D eigenvalue weighted by molar-refractivity contribution is 6.07. The molecule has 0 bridgehead atoms. The first kappa shape index (κ1) is 23.4. The van der Waals surface area contributed by atoms with E-state index in [9.17, 15) is 9.59 Å². The fourth-order valence-electron chi connectivity index (χ4n) is 4.81. The van der Waals surface area contributed by atoms with E-state index in [2.05, 4.69) is 0 Å². The summed E-state index contributed by atoms with van der Waals surface area (Å²) in [6.45, 7) is 0.394. The summed E-state index contributed by atoms with van der Waals surface area (Å²) in [4.78, 5) is 28.8. The van der Waals surface area contributed by atoms with E-state index in [1.165, 1.54) is 7.11 Å². The fourth-order valence-corrected chi connectivity index (χ4v) is 4.81. The van der Waals surface area contributed by atoms with E-state index < -0.39 is 17.9 Å². The fraction of sp³-hybridized carbons (Fsp3) is 0.161. The van der Waals surface area contributed by atoms with Crippen LogP contribution >= 0.6 is 0 Å². The lowest BCUT2D eigenvalue weighted by Gasteiger charge is -2.29. The van der Waals surface area contributed by atoms with Crippen LogP contribution in [0.2, 0.25) is 0 Å². The van der Waals surface area contributed by atoms with Gasteiger partial charge in [-0.25, -0.2) is 4.79 Å². The molecular formula is C31H27NO4. The van der Waals surface area contributed by atoms with Crippen molar-refractivity contribution in [3.05, 3.63) is 131 Å². The van der Waals surface area contributed by atoms with Crippen LogP contribution in [0.25, 0.3) is 0 Å². The normalized spacial score (nSPS) is 14.4. The first-order valence-corrected chi connectivity index (χ1v) is 12.0. The van der Waals surface area contributed by atoms with Gasteiger partial charge in [-0.05, 0) is 28.8 Å². The van der Waals surface area contributed by atoms with E-state index >= 15 is 0 Å². The number of rotatable bonds is 7. The Labute approximate surface area is 210 Å². The van der Waals surface area contributed by atoms with Gasteiger partial charge in [0.25, 0.3) is 0 Å². The van der Waals surface area contributed by atoms with Gasteiger partial charge in [0, 0.05) is 12.0 Å². The number of amides is 1. The highest BCUT2D eigenvalue weighted by Crippen LogP contribution is 2.41. The molecule has 0 aromatic heterocycles. The van der Waals surface area contributed by atoms with Gasteiger partial charge >= 0.3 is 5.97 Å². The third-order valence-electron chi connectivity index (χ3n) is 6.54. The van der Waals surface area contributed by atoms with Crippen molar-refractivity contribution in [3.63, 3.8) is 0 Å². The first-order chi connectivity index (χ1) is 17.7. The molecule has 5 nitrogen and oxygen atoms in total. The number of hydrogen-bond acceptors (Lipinski definition) is 4. The molecule has 4 aromatic rings. The van der Waals surface area contributed by atoms with Gasteiger partial charge in [-0.3, -0.25) is 9.69 Å². The molecule has 1 aliphatic rings. The SMILES string of the molecule is COC(=O)C1Cc2c(OCc3ccccc3)cccc2N1C(=O)C(c1ccccc1)c1ccccc1. The molecule has 5 rings (SSSR count). The zero-order chi connectivity index (χ0) is 24.9. The van der Waals surface area contributed by atoms with E-state index in [0.717, 1.165) is 22.3 Å².